The van der Waals surface area contributed by atoms with Gasteiger partial charge in [0.25, 0.3) is 0 Å². The molecule has 1 aliphatic heterocycles. The Morgan fingerprint density at radius 2 is 1.91 bits per heavy atom. The lowest BCUT2D eigenvalue weighted by Crippen LogP contribution is -2.35. The number of furan rings is 1. The van der Waals surface area contributed by atoms with Gasteiger partial charge in [-0.3, -0.25) is 9.88 Å². The minimum atomic E-state index is 0.515. The third-order valence-electron chi connectivity index (χ3n) is 6.06. The van der Waals surface area contributed by atoms with Crippen molar-refractivity contribution in [2.45, 2.75) is 20.4 Å². The number of aromatic nitrogens is 1. The molecule has 0 amide bonds. The first-order chi connectivity index (χ1) is 16.1. The van der Waals surface area contributed by atoms with E-state index in [2.05, 4.69) is 47.3 Å². The molecule has 2 aromatic heterocycles. The summed E-state index contributed by atoms with van der Waals surface area (Å²) in [5.41, 5.74) is 6.37. The molecular weight excluding hydrogens is 412 g/mol. The number of rotatable bonds is 5. The van der Waals surface area contributed by atoms with E-state index in [1.807, 2.05) is 36.4 Å². The molecule has 0 radical (unpaired) electrons. The van der Waals surface area contributed by atoms with Gasteiger partial charge >= 0.3 is 0 Å². The maximum absolute atomic E-state index is 9.68. The summed E-state index contributed by atoms with van der Waals surface area (Å²) >= 11 is 0. The van der Waals surface area contributed by atoms with Crippen LogP contribution >= 0.6 is 0 Å². The molecular formula is C27H26N4O2. The number of aryl methyl sites for hydroxylation is 2. The van der Waals surface area contributed by atoms with Gasteiger partial charge in [-0.25, -0.2) is 0 Å². The van der Waals surface area contributed by atoms with Crippen LogP contribution < -0.4 is 5.32 Å². The highest BCUT2D eigenvalue weighted by molar-refractivity contribution is 5.97. The van der Waals surface area contributed by atoms with Gasteiger partial charge in [0.05, 0.1) is 36.5 Å². The van der Waals surface area contributed by atoms with Crippen molar-refractivity contribution < 1.29 is 9.15 Å². The third kappa shape index (κ3) is 4.47. The predicted molar refractivity (Wildman–Crippen MR) is 129 cm³/mol. The van der Waals surface area contributed by atoms with Crippen LogP contribution in [0.5, 0.6) is 0 Å². The molecule has 166 valence electrons. The van der Waals surface area contributed by atoms with E-state index < -0.39 is 0 Å². The van der Waals surface area contributed by atoms with E-state index in [0.29, 0.717) is 5.56 Å². The van der Waals surface area contributed by atoms with E-state index >= 15 is 0 Å². The monoisotopic (exact) mass is 438 g/mol. The van der Waals surface area contributed by atoms with E-state index in [0.717, 1.165) is 77.8 Å². The standard InChI is InChI=1S/C27H26N4O2/c1-18-3-7-24(19(2)13-18)30-27-21(15-28)16-29-25-14-20(4-6-23(25)27)26-8-5-22(33-26)17-31-9-11-32-12-10-31/h3-8,13-14,16H,9-12,17H2,1-2H3,(H,29,30). The molecule has 6 nitrogen and oxygen atoms in total. The van der Waals surface area contributed by atoms with Gasteiger partial charge in [-0.2, -0.15) is 5.26 Å². The molecule has 5 rings (SSSR count). The molecule has 1 N–H and O–H groups in total. The largest absolute Gasteiger partial charge is 0.460 e. The Balaban J connectivity index is 1.46. The molecule has 0 atom stereocenters. The van der Waals surface area contributed by atoms with Crippen molar-refractivity contribution in [3.8, 4) is 17.4 Å². The SMILES string of the molecule is Cc1ccc(Nc2c(C#N)cnc3cc(-c4ccc(CN5CCOCC5)o4)ccc23)c(C)c1. The van der Waals surface area contributed by atoms with Crippen molar-refractivity contribution in [3.63, 3.8) is 0 Å². The van der Waals surface area contributed by atoms with Crippen LogP contribution in [0, 0.1) is 25.2 Å². The Labute approximate surface area is 193 Å². The van der Waals surface area contributed by atoms with Crippen LogP contribution in [-0.2, 0) is 11.3 Å². The smallest absolute Gasteiger partial charge is 0.134 e. The molecule has 0 aliphatic carbocycles. The fraction of sp³-hybridized carbons (Fsp3) is 0.259. The highest BCUT2D eigenvalue weighted by atomic mass is 16.5. The van der Waals surface area contributed by atoms with Crippen molar-refractivity contribution in [2.24, 2.45) is 0 Å². The van der Waals surface area contributed by atoms with E-state index in [1.54, 1.807) is 6.20 Å². The van der Waals surface area contributed by atoms with Crippen LogP contribution in [0.15, 0.2) is 59.1 Å². The van der Waals surface area contributed by atoms with Crippen molar-refractivity contribution in [1.29, 1.82) is 5.26 Å². The summed E-state index contributed by atoms with van der Waals surface area (Å²) in [4.78, 5) is 6.89. The van der Waals surface area contributed by atoms with Gasteiger partial charge in [0.2, 0.25) is 0 Å². The number of morpholine rings is 1. The predicted octanol–water partition coefficient (Wildman–Crippen LogP) is 5.56. The molecule has 1 fully saturated rings. The molecule has 1 aliphatic rings. The number of benzene rings is 2. The van der Waals surface area contributed by atoms with Gasteiger partial charge in [0.1, 0.15) is 17.6 Å². The Morgan fingerprint density at radius 3 is 2.70 bits per heavy atom. The second kappa shape index (κ2) is 9.07. The van der Waals surface area contributed by atoms with Crippen molar-refractivity contribution in [3.05, 3.63) is 77.2 Å². The van der Waals surface area contributed by atoms with E-state index in [1.165, 1.54) is 5.56 Å². The van der Waals surface area contributed by atoms with Gasteiger partial charge in [-0.1, -0.05) is 23.8 Å². The lowest BCUT2D eigenvalue weighted by molar-refractivity contribution is 0.0314. The van der Waals surface area contributed by atoms with E-state index in [9.17, 15) is 5.26 Å². The number of ether oxygens (including phenoxy) is 1. The highest BCUT2D eigenvalue weighted by Crippen LogP contribution is 2.33. The van der Waals surface area contributed by atoms with E-state index in [4.69, 9.17) is 9.15 Å². The van der Waals surface area contributed by atoms with Gasteiger partial charge in [-0.15, -0.1) is 0 Å². The molecule has 6 heteroatoms. The second-order valence-electron chi connectivity index (χ2n) is 8.49. The molecule has 1 saturated heterocycles. The van der Waals surface area contributed by atoms with Crippen LogP contribution in [0.2, 0.25) is 0 Å². The lowest BCUT2D eigenvalue weighted by atomic mass is 10.0. The highest BCUT2D eigenvalue weighted by Gasteiger charge is 2.15. The number of nitrogens with zero attached hydrogens (tertiary/aromatic N) is 3. The first-order valence-corrected chi connectivity index (χ1v) is 11.2. The van der Waals surface area contributed by atoms with Crippen LogP contribution in [0.4, 0.5) is 11.4 Å². The third-order valence-corrected chi connectivity index (χ3v) is 6.06. The number of pyridine rings is 1. The topological polar surface area (TPSA) is 74.3 Å². The molecule has 0 spiro atoms. The minimum absolute atomic E-state index is 0.515. The summed E-state index contributed by atoms with van der Waals surface area (Å²) in [7, 11) is 0. The van der Waals surface area contributed by atoms with Crippen molar-refractivity contribution in [1.82, 2.24) is 9.88 Å². The zero-order valence-electron chi connectivity index (χ0n) is 18.9. The number of fused-ring (bicyclic) bond motifs is 1. The number of nitrogens with one attached hydrogen (secondary N) is 1. The number of hydrogen-bond donors (Lipinski definition) is 1. The Kier molecular flexibility index (Phi) is 5.82. The summed E-state index contributed by atoms with van der Waals surface area (Å²) in [5, 5.41) is 14.1. The molecule has 0 bridgehead atoms. The van der Waals surface area contributed by atoms with Gasteiger partial charge in [-0.05, 0) is 49.7 Å². The molecule has 0 unspecified atom stereocenters. The number of hydrogen-bond acceptors (Lipinski definition) is 6. The van der Waals surface area contributed by atoms with Gasteiger partial charge in [0.15, 0.2) is 0 Å². The quantitative estimate of drug-likeness (QED) is 0.440. The summed E-state index contributed by atoms with van der Waals surface area (Å²) in [5.74, 6) is 1.76. The lowest BCUT2D eigenvalue weighted by Gasteiger charge is -2.25. The first kappa shape index (κ1) is 21.2. The van der Waals surface area contributed by atoms with Gasteiger partial charge < -0.3 is 14.5 Å². The molecule has 4 aromatic rings. The Bertz CT molecular complexity index is 1350. The Hall–Kier alpha value is -3.66. The van der Waals surface area contributed by atoms with Crippen LogP contribution in [0.3, 0.4) is 0 Å². The van der Waals surface area contributed by atoms with Crippen molar-refractivity contribution >= 4 is 22.3 Å². The molecule has 0 saturated carbocycles. The fourth-order valence-corrected chi connectivity index (χ4v) is 4.25. The molecule has 2 aromatic carbocycles. The van der Waals surface area contributed by atoms with Gasteiger partial charge in [0, 0.05) is 35.9 Å². The van der Waals surface area contributed by atoms with E-state index in [-0.39, 0.29) is 0 Å². The first-order valence-electron chi connectivity index (χ1n) is 11.2. The van der Waals surface area contributed by atoms with Crippen LogP contribution in [-0.4, -0.2) is 36.2 Å². The maximum atomic E-state index is 9.68. The van der Waals surface area contributed by atoms with Crippen molar-refractivity contribution in [2.75, 3.05) is 31.6 Å². The summed E-state index contributed by atoms with van der Waals surface area (Å²) in [6.07, 6.45) is 1.63. The summed E-state index contributed by atoms with van der Waals surface area (Å²) in [6, 6.07) is 18.6. The number of nitriles is 1. The Morgan fingerprint density at radius 1 is 1.06 bits per heavy atom. The molecule has 3 heterocycles. The fourth-order valence-electron chi connectivity index (χ4n) is 4.25. The normalized spacial score (nSPS) is 14.3. The zero-order chi connectivity index (χ0) is 22.8. The summed E-state index contributed by atoms with van der Waals surface area (Å²) in [6.45, 7) is 8.31. The maximum Gasteiger partial charge on any atom is 0.134 e. The minimum Gasteiger partial charge on any atom is -0.460 e. The average Bonchev–Trinajstić information content (AvgIpc) is 3.29. The second-order valence-corrected chi connectivity index (χ2v) is 8.49. The van der Waals surface area contributed by atoms with Crippen LogP contribution in [0.1, 0.15) is 22.5 Å². The average molecular weight is 439 g/mol. The summed E-state index contributed by atoms with van der Waals surface area (Å²) < 4.78 is 11.6. The van der Waals surface area contributed by atoms with Crippen LogP contribution in [0.25, 0.3) is 22.2 Å². The molecule has 33 heavy (non-hydrogen) atoms. The number of anilines is 2. The zero-order valence-corrected chi connectivity index (χ0v) is 18.9.